The Kier molecular flexibility index (Phi) is 9.01. The first-order valence-electron chi connectivity index (χ1n) is 10.9. The second kappa shape index (κ2) is 10.7. The Bertz CT molecular complexity index is 292. The molecule has 3 atom stereocenters. The van der Waals surface area contributed by atoms with Crippen molar-refractivity contribution in [1.82, 2.24) is 0 Å². The van der Waals surface area contributed by atoms with Crippen molar-refractivity contribution in [3.05, 3.63) is 0 Å². The van der Waals surface area contributed by atoms with E-state index in [4.69, 9.17) is 4.74 Å². The smallest absolute Gasteiger partial charge is 0.0600 e. The highest BCUT2D eigenvalue weighted by atomic mass is 16.5. The molecule has 0 aromatic rings. The fourth-order valence-corrected chi connectivity index (χ4v) is 5.10. The van der Waals surface area contributed by atoms with Gasteiger partial charge in [-0.25, -0.2) is 0 Å². The Labute approximate surface area is 146 Å². The number of hydrogen-bond donors (Lipinski definition) is 0. The first-order valence-corrected chi connectivity index (χ1v) is 10.9. The van der Waals surface area contributed by atoms with E-state index in [1.807, 2.05) is 0 Å². The minimum atomic E-state index is 0.559. The van der Waals surface area contributed by atoms with Crippen molar-refractivity contribution in [2.45, 2.75) is 110 Å². The molecule has 0 N–H and O–H groups in total. The van der Waals surface area contributed by atoms with Gasteiger partial charge in [0.05, 0.1) is 6.10 Å². The van der Waals surface area contributed by atoms with Crippen molar-refractivity contribution in [2.24, 2.45) is 23.7 Å². The Balaban J connectivity index is 1.65. The maximum Gasteiger partial charge on any atom is 0.0600 e. The minimum absolute atomic E-state index is 0.559. The molecule has 0 radical (unpaired) electrons. The molecule has 2 aliphatic carbocycles. The van der Waals surface area contributed by atoms with E-state index in [1.54, 1.807) is 0 Å². The molecule has 1 heteroatoms. The lowest BCUT2D eigenvalue weighted by Gasteiger charge is -2.40. The van der Waals surface area contributed by atoms with Gasteiger partial charge >= 0.3 is 0 Å². The zero-order valence-electron chi connectivity index (χ0n) is 16.2. The third-order valence-electron chi connectivity index (χ3n) is 6.74. The topological polar surface area (TPSA) is 9.23 Å². The van der Waals surface area contributed by atoms with Crippen LogP contribution in [0.1, 0.15) is 104 Å². The van der Waals surface area contributed by atoms with Gasteiger partial charge in [-0.3, -0.25) is 0 Å². The number of rotatable bonds is 9. The average molecular weight is 323 g/mol. The summed E-state index contributed by atoms with van der Waals surface area (Å²) in [6.45, 7) is 8.00. The molecule has 0 aromatic carbocycles. The van der Waals surface area contributed by atoms with Crippen LogP contribution in [-0.2, 0) is 4.74 Å². The van der Waals surface area contributed by atoms with Crippen molar-refractivity contribution < 1.29 is 4.74 Å². The molecular formula is C22H42O. The van der Waals surface area contributed by atoms with Crippen molar-refractivity contribution in [3.8, 4) is 0 Å². The van der Waals surface area contributed by atoms with Crippen LogP contribution in [0.15, 0.2) is 0 Å². The molecule has 2 fully saturated rings. The van der Waals surface area contributed by atoms with Gasteiger partial charge in [-0.05, 0) is 62.2 Å². The monoisotopic (exact) mass is 322 g/mol. The highest BCUT2D eigenvalue weighted by Gasteiger charge is 2.34. The van der Waals surface area contributed by atoms with Crippen LogP contribution in [0, 0.1) is 23.7 Å². The predicted octanol–water partition coefficient (Wildman–Crippen LogP) is 6.99. The third kappa shape index (κ3) is 6.40. The van der Waals surface area contributed by atoms with Crippen LogP contribution in [-0.4, -0.2) is 12.7 Å². The Morgan fingerprint density at radius 1 is 0.783 bits per heavy atom. The Morgan fingerprint density at radius 2 is 1.48 bits per heavy atom. The average Bonchev–Trinajstić information content (AvgIpc) is 2.57. The lowest BCUT2D eigenvalue weighted by atomic mass is 9.68. The van der Waals surface area contributed by atoms with Crippen LogP contribution in [0.3, 0.4) is 0 Å². The molecule has 136 valence electrons. The molecule has 2 rings (SSSR count). The fraction of sp³-hybridized carbons (Fsp3) is 1.00. The molecule has 23 heavy (non-hydrogen) atoms. The van der Waals surface area contributed by atoms with E-state index in [2.05, 4.69) is 20.8 Å². The normalized spacial score (nSPS) is 35.3. The molecule has 0 spiro atoms. The molecule has 0 heterocycles. The highest BCUT2D eigenvalue weighted by Crippen LogP contribution is 2.43. The highest BCUT2D eigenvalue weighted by molar-refractivity contribution is 4.85. The van der Waals surface area contributed by atoms with E-state index >= 15 is 0 Å². The van der Waals surface area contributed by atoms with Crippen molar-refractivity contribution >= 4 is 0 Å². The number of ether oxygens (including phenoxy) is 1. The zero-order valence-corrected chi connectivity index (χ0v) is 16.2. The molecule has 2 saturated carbocycles. The summed E-state index contributed by atoms with van der Waals surface area (Å²) < 4.78 is 6.14. The largest absolute Gasteiger partial charge is 0.378 e. The molecule has 0 aromatic heterocycles. The first kappa shape index (κ1) is 19.3. The summed E-state index contributed by atoms with van der Waals surface area (Å²) in [4.78, 5) is 0. The molecule has 0 aliphatic heterocycles. The van der Waals surface area contributed by atoms with Gasteiger partial charge < -0.3 is 4.74 Å². The molecule has 3 unspecified atom stereocenters. The SMILES string of the molecule is CCCCC[C@H]1CC[C@H](C2CCC(OCCCC)C(C)C2)CC1. The van der Waals surface area contributed by atoms with Gasteiger partial charge in [-0.15, -0.1) is 0 Å². The summed E-state index contributed by atoms with van der Waals surface area (Å²) in [7, 11) is 0. The molecule has 0 bridgehead atoms. The van der Waals surface area contributed by atoms with Crippen LogP contribution in [0.5, 0.6) is 0 Å². The van der Waals surface area contributed by atoms with Gasteiger partial charge in [-0.2, -0.15) is 0 Å². The van der Waals surface area contributed by atoms with Crippen LogP contribution in [0.25, 0.3) is 0 Å². The Hall–Kier alpha value is -0.0400. The molecule has 0 amide bonds. The fourth-order valence-electron chi connectivity index (χ4n) is 5.10. The number of unbranched alkanes of at least 4 members (excludes halogenated alkanes) is 3. The summed E-state index contributed by atoms with van der Waals surface area (Å²) in [6.07, 6.45) is 19.1. The lowest BCUT2D eigenvalue weighted by molar-refractivity contribution is -0.0286. The molecule has 0 saturated heterocycles. The van der Waals surface area contributed by atoms with E-state index < -0.39 is 0 Å². The van der Waals surface area contributed by atoms with Crippen LogP contribution < -0.4 is 0 Å². The van der Waals surface area contributed by atoms with Gasteiger partial charge in [-0.1, -0.05) is 65.7 Å². The first-order chi connectivity index (χ1) is 11.2. The van der Waals surface area contributed by atoms with Crippen LogP contribution in [0.2, 0.25) is 0 Å². The second-order valence-electron chi connectivity index (χ2n) is 8.59. The maximum atomic E-state index is 6.14. The predicted molar refractivity (Wildman–Crippen MR) is 101 cm³/mol. The van der Waals surface area contributed by atoms with Crippen LogP contribution >= 0.6 is 0 Å². The van der Waals surface area contributed by atoms with Crippen molar-refractivity contribution in [2.75, 3.05) is 6.61 Å². The van der Waals surface area contributed by atoms with Gasteiger partial charge in [0.15, 0.2) is 0 Å². The molecule has 1 nitrogen and oxygen atoms in total. The summed E-state index contributed by atoms with van der Waals surface area (Å²) in [5, 5.41) is 0. The zero-order chi connectivity index (χ0) is 16.5. The quantitative estimate of drug-likeness (QED) is 0.415. The summed E-state index contributed by atoms with van der Waals surface area (Å²) in [5.41, 5.74) is 0. The molecular weight excluding hydrogens is 280 g/mol. The van der Waals surface area contributed by atoms with E-state index in [1.165, 1.54) is 83.5 Å². The van der Waals surface area contributed by atoms with Crippen molar-refractivity contribution in [1.29, 1.82) is 0 Å². The third-order valence-corrected chi connectivity index (χ3v) is 6.74. The molecule has 2 aliphatic rings. The van der Waals surface area contributed by atoms with E-state index in [-0.39, 0.29) is 0 Å². The lowest BCUT2D eigenvalue weighted by Crippen LogP contribution is -2.34. The van der Waals surface area contributed by atoms with Gasteiger partial charge in [0.2, 0.25) is 0 Å². The van der Waals surface area contributed by atoms with Gasteiger partial charge in [0.25, 0.3) is 0 Å². The van der Waals surface area contributed by atoms with Crippen LogP contribution in [0.4, 0.5) is 0 Å². The van der Waals surface area contributed by atoms with Gasteiger partial charge in [0, 0.05) is 6.61 Å². The summed E-state index contributed by atoms with van der Waals surface area (Å²) in [5.74, 6) is 3.89. The second-order valence-corrected chi connectivity index (χ2v) is 8.59. The van der Waals surface area contributed by atoms with Crippen molar-refractivity contribution in [3.63, 3.8) is 0 Å². The van der Waals surface area contributed by atoms with E-state index in [9.17, 15) is 0 Å². The Morgan fingerprint density at radius 3 is 2.13 bits per heavy atom. The minimum Gasteiger partial charge on any atom is -0.378 e. The van der Waals surface area contributed by atoms with E-state index in [0.29, 0.717) is 6.10 Å². The standard InChI is InChI=1S/C22H42O/c1-4-6-8-9-19-10-12-20(13-11-19)21-14-15-22(18(3)17-21)23-16-7-5-2/h18-22H,4-17H2,1-3H3/t18?,19-,20-,21?,22?. The number of hydrogen-bond acceptors (Lipinski definition) is 1. The maximum absolute atomic E-state index is 6.14. The van der Waals surface area contributed by atoms with Gasteiger partial charge in [0.1, 0.15) is 0 Å². The van der Waals surface area contributed by atoms with E-state index in [0.717, 1.165) is 30.3 Å². The summed E-state index contributed by atoms with van der Waals surface area (Å²) >= 11 is 0. The summed E-state index contributed by atoms with van der Waals surface area (Å²) in [6, 6.07) is 0.